The summed E-state index contributed by atoms with van der Waals surface area (Å²) in [5.41, 5.74) is 1.87. The fourth-order valence-electron chi connectivity index (χ4n) is 9.33. The molecule has 0 aromatic rings. The fraction of sp³-hybridized carbons (Fsp3) is 0.808. The van der Waals surface area contributed by atoms with Crippen LogP contribution in [0, 0.1) is 45.3 Å². The first-order valence-corrected chi connectivity index (χ1v) is 12.2. The largest absolute Gasteiger partial charge is 0.387 e. The van der Waals surface area contributed by atoms with Crippen molar-refractivity contribution < 1.29 is 14.6 Å². The van der Waals surface area contributed by atoms with Crippen molar-refractivity contribution in [3.8, 4) is 6.07 Å². The Hall–Kier alpha value is -1.15. The molecule has 5 aliphatic carbocycles. The number of ether oxygens (including phenoxy) is 2. The molecule has 4 unspecified atom stereocenters. The molecule has 4 fully saturated rings. The molecule has 162 valence electrons. The van der Waals surface area contributed by atoms with Gasteiger partial charge in [-0.25, -0.2) is 0 Å². The molecule has 1 aliphatic heterocycles. The van der Waals surface area contributed by atoms with Crippen molar-refractivity contribution in [1.29, 1.82) is 5.26 Å². The quantitative estimate of drug-likeness (QED) is 0.579. The van der Waals surface area contributed by atoms with E-state index in [1.807, 2.05) is 0 Å². The van der Waals surface area contributed by atoms with E-state index >= 15 is 0 Å². The van der Waals surface area contributed by atoms with Gasteiger partial charge >= 0.3 is 0 Å². The second-order valence-electron chi connectivity index (χ2n) is 11.4. The standard InChI is InChI=1S/C26H35NO3/c1-23-15-17(16-27)22(28)25(9-3-4-10-25)21(23)6-5-18-19(23)7-11-24(2)20(18)8-12-26(24)29-13-14-30-26/h6,15,18-20,22,28H,3-5,7-14H2,1-2H3/t18?,19-,20-,22?,23?,24?/m0/s1. The lowest BCUT2D eigenvalue weighted by atomic mass is 9.45. The first kappa shape index (κ1) is 19.5. The second-order valence-corrected chi connectivity index (χ2v) is 11.4. The highest BCUT2D eigenvalue weighted by Gasteiger charge is 2.68. The predicted octanol–water partition coefficient (Wildman–Crippen LogP) is 4.89. The van der Waals surface area contributed by atoms with Gasteiger partial charge in [-0.3, -0.25) is 0 Å². The number of aliphatic hydroxyl groups excluding tert-OH is 1. The maximum Gasteiger partial charge on any atom is 0.174 e. The summed E-state index contributed by atoms with van der Waals surface area (Å²) in [5.74, 6) is 1.39. The summed E-state index contributed by atoms with van der Waals surface area (Å²) in [4.78, 5) is 0. The summed E-state index contributed by atoms with van der Waals surface area (Å²) in [6, 6.07) is 2.40. The van der Waals surface area contributed by atoms with Crippen LogP contribution in [0.1, 0.15) is 71.6 Å². The topological polar surface area (TPSA) is 62.5 Å². The average molecular weight is 410 g/mol. The van der Waals surface area contributed by atoms with Crippen molar-refractivity contribution in [3.63, 3.8) is 0 Å². The number of aliphatic hydroxyl groups is 1. The van der Waals surface area contributed by atoms with Crippen LogP contribution in [0.4, 0.5) is 0 Å². The van der Waals surface area contributed by atoms with E-state index in [2.05, 4.69) is 32.1 Å². The lowest BCUT2D eigenvalue weighted by Gasteiger charge is -2.60. The molecule has 4 nitrogen and oxygen atoms in total. The van der Waals surface area contributed by atoms with Crippen molar-refractivity contribution in [2.24, 2.45) is 34.0 Å². The molecular formula is C26H35NO3. The van der Waals surface area contributed by atoms with Gasteiger partial charge in [-0.1, -0.05) is 44.4 Å². The number of rotatable bonds is 0. The van der Waals surface area contributed by atoms with Gasteiger partial charge < -0.3 is 14.6 Å². The van der Waals surface area contributed by atoms with Crippen LogP contribution in [-0.4, -0.2) is 30.2 Å². The Morgan fingerprint density at radius 2 is 1.73 bits per heavy atom. The summed E-state index contributed by atoms with van der Waals surface area (Å²) in [6.45, 7) is 6.27. The number of hydrogen-bond acceptors (Lipinski definition) is 4. The van der Waals surface area contributed by atoms with E-state index in [-0.39, 0.29) is 22.0 Å². The third-order valence-electron chi connectivity index (χ3n) is 10.6. The minimum Gasteiger partial charge on any atom is -0.387 e. The van der Waals surface area contributed by atoms with Crippen molar-refractivity contribution in [2.45, 2.75) is 83.5 Å². The molecule has 0 radical (unpaired) electrons. The average Bonchev–Trinajstić information content (AvgIpc) is 3.47. The lowest BCUT2D eigenvalue weighted by molar-refractivity contribution is -0.241. The van der Waals surface area contributed by atoms with Crippen molar-refractivity contribution in [1.82, 2.24) is 0 Å². The SMILES string of the molecule is CC12C=C(C#N)C(O)C3(CCCC3)C1=CCC1[C@@H]2CCC2(C)[C@H]1CCC21OCCO1. The van der Waals surface area contributed by atoms with Gasteiger partial charge in [-0.15, -0.1) is 0 Å². The molecule has 6 rings (SSSR count). The number of hydrogen-bond donors (Lipinski definition) is 1. The summed E-state index contributed by atoms with van der Waals surface area (Å²) in [5, 5.41) is 21.1. The van der Waals surface area contributed by atoms with E-state index in [1.165, 1.54) is 12.0 Å². The molecule has 6 atom stereocenters. The van der Waals surface area contributed by atoms with Crippen LogP contribution >= 0.6 is 0 Å². The van der Waals surface area contributed by atoms with Crippen LogP contribution in [0.3, 0.4) is 0 Å². The summed E-state index contributed by atoms with van der Waals surface area (Å²) in [7, 11) is 0. The monoisotopic (exact) mass is 409 g/mol. The third-order valence-corrected chi connectivity index (χ3v) is 10.6. The van der Waals surface area contributed by atoms with E-state index in [1.54, 1.807) is 0 Å². The van der Waals surface area contributed by atoms with Crippen molar-refractivity contribution in [2.75, 3.05) is 13.2 Å². The molecule has 30 heavy (non-hydrogen) atoms. The minimum atomic E-state index is -0.621. The van der Waals surface area contributed by atoms with E-state index in [0.29, 0.717) is 23.3 Å². The first-order valence-electron chi connectivity index (χ1n) is 12.2. The molecule has 4 heteroatoms. The molecule has 0 bridgehead atoms. The van der Waals surface area contributed by atoms with E-state index in [4.69, 9.17) is 9.47 Å². The van der Waals surface area contributed by atoms with Gasteiger partial charge in [0.15, 0.2) is 5.79 Å². The number of nitriles is 1. The highest BCUT2D eigenvalue weighted by Crippen LogP contribution is 2.70. The molecule has 3 saturated carbocycles. The molecule has 6 aliphatic rings. The van der Waals surface area contributed by atoms with Crippen LogP contribution in [-0.2, 0) is 9.47 Å². The normalized spacial score (nSPS) is 47.9. The Bertz CT molecular complexity index is 856. The molecule has 0 aromatic carbocycles. The number of fused-ring (bicyclic) bond motifs is 7. The molecule has 2 spiro atoms. The highest BCUT2D eigenvalue weighted by atomic mass is 16.7. The molecule has 0 amide bonds. The molecule has 1 saturated heterocycles. The van der Waals surface area contributed by atoms with Crippen LogP contribution < -0.4 is 0 Å². The third kappa shape index (κ3) is 2.13. The van der Waals surface area contributed by atoms with Gasteiger partial charge in [0.1, 0.15) is 0 Å². The predicted molar refractivity (Wildman–Crippen MR) is 113 cm³/mol. The van der Waals surface area contributed by atoms with E-state index in [9.17, 15) is 10.4 Å². The smallest absolute Gasteiger partial charge is 0.174 e. The van der Waals surface area contributed by atoms with Crippen molar-refractivity contribution in [3.05, 3.63) is 23.3 Å². The maximum atomic E-state index is 11.2. The molecule has 1 N–H and O–H groups in total. The van der Waals surface area contributed by atoms with Crippen molar-refractivity contribution >= 4 is 0 Å². The van der Waals surface area contributed by atoms with Gasteiger partial charge in [-0.2, -0.15) is 5.26 Å². The van der Waals surface area contributed by atoms with Gasteiger partial charge in [0.05, 0.1) is 31.0 Å². The lowest BCUT2D eigenvalue weighted by Crippen LogP contribution is -2.57. The maximum absolute atomic E-state index is 11.2. The molecule has 1 heterocycles. The minimum absolute atomic E-state index is 0.0906. The number of allylic oxidation sites excluding steroid dienone is 2. The summed E-state index contributed by atoms with van der Waals surface area (Å²) < 4.78 is 12.6. The Morgan fingerprint density at radius 1 is 1.03 bits per heavy atom. The van der Waals surface area contributed by atoms with Crippen LogP contribution in [0.25, 0.3) is 0 Å². The first-order chi connectivity index (χ1) is 14.4. The van der Waals surface area contributed by atoms with Gasteiger partial charge in [0.25, 0.3) is 0 Å². The zero-order valence-electron chi connectivity index (χ0n) is 18.5. The summed E-state index contributed by atoms with van der Waals surface area (Å²) in [6.07, 6.45) is 14.0. The zero-order chi connectivity index (χ0) is 20.8. The van der Waals surface area contributed by atoms with E-state index in [0.717, 1.165) is 64.6 Å². The van der Waals surface area contributed by atoms with Gasteiger partial charge in [0, 0.05) is 22.7 Å². The highest BCUT2D eigenvalue weighted by molar-refractivity contribution is 5.47. The van der Waals surface area contributed by atoms with Gasteiger partial charge in [0.2, 0.25) is 0 Å². The summed E-state index contributed by atoms with van der Waals surface area (Å²) >= 11 is 0. The van der Waals surface area contributed by atoms with Crippen LogP contribution in [0.5, 0.6) is 0 Å². The Labute approximate surface area is 180 Å². The zero-order valence-corrected chi connectivity index (χ0v) is 18.5. The second kappa shape index (κ2) is 6.21. The van der Waals surface area contributed by atoms with E-state index < -0.39 is 6.10 Å². The number of nitrogens with zero attached hydrogens (tertiary/aromatic N) is 1. The Kier molecular flexibility index (Phi) is 4.04. The van der Waals surface area contributed by atoms with Crippen LogP contribution in [0.15, 0.2) is 23.3 Å². The fourth-order valence-corrected chi connectivity index (χ4v) is 9.33. The van der Waals surface area contributed by atoms with Crippen LogP contribution in [0.2, 0.25) is 0 Å². The molecule has 0 aromatic heterocycles. The van der Waals surface area contributed by atoms with Gasteiger partial charge in [-0.05, 0) is 56.3 Å². The molecular weight excluding hydrogens is 374 g/mol. The Balaban J connectivity index is 1.44. The Morgan fingerprint density at radius 3 is 2.43 bits per heavy atom.